The summed E-state index contributed by atoms with van der Waals surface area (Å²) in [4.78, 5) is 8.60. The lowest BCUT2D eigenvalue weighted by Crippen LogP contribution is -2.04. The predicted molar refractivity (Wildman–Crippen MR) is 57.7 cm³/mol. The van der Waals surface area contributed by atoms with Crippen molar-refractivity contribution in [3.05, 3.63) is 29.8 Å². The molecule has 2 rings (SSSR count). The molecule has 2 heterocycles. The van der Waals surface area contributed by atoms with Crippen LogP contribution in [0.1, 0.15) is 18.4 Å². The second kappa shape index (κ2) is 3.68. The van der Waals surface area contributed by atoms with Crippen LogP contribution in [0.5, 0.6) is 0 Å². The third-order valence-corrected chi connectivity index (χ3v) is 2.08. The molecule has 0 unspecified atom stereocenters. The maximum absolute atomic E-state index is 5.55. The van der Waals surface area contributed by atoms with Gasteiger partial charge < -0.3 is 5.73 Å². The highest BCUT2D eigenvalue weighted by Crippen LogP contribution is 2.08. The van der Waals surface area contributed by atoms with Crippen molar-refractivity contribution in [3.8, 4) is 5.82 Å². The van der Waals surface area contributed by atoms with Crippen molar-refractivity contribution >= 4 is 5.82 Å². The van der Waals surface area contributed by atoms with E-state index in [4.69, 9.17) is 5.73 Å². The molecule has 0 spiro atoms. The summed E-state index contributed by atoms with van der Waals surface area (Å²) in [5, 5.41) is 4.10. The van der Waals surface area contributed by atoms with Crippen LogP contribution in [0, 0.1) is 6.92 Å². The normalized spacial score (nSPS) is 10.5. The molecule has 78 valence electrons. The molecule has 0 fully saturated rings. The molecule has 0 aliphatic rings. The van der Waals surface area contributed by atoms with Crippen LogP contribution in [0.4, 0.5) is 5.82 Å². The van der Waals surface area contributed by atoms with Gasteiger partial charge in [-0.2, -0.15) is 0 Å². The Morgan fingerprint density at radius 3 is 2.80 bits per heavy atom. The first kappa shape index (κ1) is 9.64. The highest BCUT2D eigenvalue weighted by Gasteiger charge is 2.03. The van der Waals surface area contributed by atoms with Crippen LogP contribution in [0.15, 0.2) is 18.3 Å². The fraction of sp³-hybridized carbons (Fsp3) is 0.300. The summed E-state index contributed by atoms with van der Waals surface area (Å²) in [7, 11) is 0. The second-order valence-corrected chi connectivity index (χ2v) is 3.30. The van der Waals surface area contributed by atoms with Crippen LogP contribution >= 0.6 is 0 Å². The summed E-state index contributed by atoms with van der Waals surface area (Å²) in [6, 6.07) is 3.66. The lowest BCUT2D eigenvalue weighted by atomic mass is 10.3. The first-order chi connectivity index (χ1) is 7.19. The number of hydrogen-bond donors (Lipinski definition) is 1. The molecule has 0 bridgehead atoms. The van der Waals surface area contributed by atoms with Gasteiger partial charge in [0.1, 0.15) is 11.6 Å². The molecular weight excluding hydrogens is 190 g/mol. The standard InChI is InChI=1S/C10H13N5/c1-3-8-6-10(13-7(2)12-8)15-5-4-9(11)14-15/h4-6H,3H2,1-2H3,(H2,11,14). The smallest absolute Gasteiger partial charge is 0.157 e. The molecule has 0 aromatic carbocycles. The van der Waals surface area contributed by atoms with E-state index in [0.717, 1.165) is 23.8 Å². The van der Waals surface area contributed by atoms with E-state index in [1.165, 1.54) is 0 Å². The van der Waals surface area contributed by atoms with Gasteiger partial charge in [0.05, 0.1) is 0 Å². The lowest BCUT2D eigenvalue weighted by Gasteiger charge is -2.03. The summed E-state index contributed by atoms with van der Waals surface area (Å²) in [6.45, 7) is 3.93. The van der Waals surface area contributed by atoms with Crippen molar-refractivity contribution in [2.45, 2.75) is 20.3 Å². The molecule has 2 aromatic rings. The fourth-order valence-electron chi connectivity index (χ4n) is 1.38. The number of aromatic nitrogens is 4. The Hall–Kier alpha value is -1.91. The zero-order valence-corrected chi connectivity index (χ0v) is 8.81. The molecular formula is C10H13N5. The third kappa shape index (κ3) is 1.96. The highest BCUT2D eigenvalue weighted by molar-refractivity contribution is 5.30. The Morgan fingerprint density at radius 2 is 2.20 bits per heavy atom. The number of aryl methyl sites for hydroxylation is 2. The van der Waals surface area contributed by atoms with E-state index in [0.29, 0.717) is 5.82 Å². The quantitative estimate of drug-likeness (QED) is 0.793. The van der Waals surface area contributed by atoms with Crippen molar-refractivity contribution in [2.24, 2.45) is 0 Å². The van der Waals surface area contributed by atoms with E-state index >= 15 is 0 Å². The van der Waals surface area contributed by atoms with Crippen LogP contribution < -0.4 is 5.73 Å². The number of nitrogen functional groups attached to an aromatic ring is 1. The Balaban J connectivity index is 2.48. The van der Waals surface area contributed by atoms with Gasteiger partial charge in [0.2, 0.25) is 0 Å². The molecule has 2 N–H and O–H groups in total. The van der Waals surface area contributed by atoms with Gasteiger partial charge in [-0.15, -0.1) is 5.10 Å². The minimum Gasteiger partial charge on any atom is -0.382 e. The average molecular weight is 203 g/mol. The minimum atomic E-state index is 0.490. The maximum Gasteiger partial charge on any atom is 0.157 e. The third-order valence-electron chi connectivity index (χ3n) is 2.08. The van der Waals surface area contributed by atoms with E-state index in [1.807, 2.05) is 13.0 Å². The molecule has 0 atom stereocenters. The van der Waals surface area contributed by atoms with E-state index in [1.54, 1.807) is 16.9 Å². The summed E-state index contributed by atoms with van der Waals surface area (Å²) < 4.78 is 1.66. The van der Waals surface area contributed by atoms with Crippen LogP contribution in [-0.4, -0.2) is 19.7 Å². The van der Waals surface area contributed by atoms with Crippen molar-refractivity contribution in [1.82, 2.24) is 19.7 Å². The van der Waals surface area contributed by atoms with Gasteiger partial charge in [-0.3, -0.25) is 0 Å². The van der Waals surface area contributed by atoms with Gasteiger partial charge >= 0.3 is 0 Å². The van der Waals surface area contributed by atoms with Crippen molar-refractivity contribution < 1.29 is 0 Å². The Morgan fingerprint density at radius 1 is 1.40 bits per heavy atom. The molecule has 0 saturated carbocycles. The van der Waals surface area contributed by atoms with E-state index in [9.17, 15) is 0 Å². The van der Waals surface area contributed by atoms with Crippen LogP contribution in [0.25, 0.3) is 5.82 Å². The molecule has 0 aliphatic heterocycles. The largest absolute Gasteiger partial charge is 0.382 e. The van der Waals surface area contributed by atoms with Gasteiger partial charge in [0, 0.05) is 24.0 Å². The summed E-state index contributed by atoms with van der Waals surface area (Å²) in [5.41, 5.74) is 6.56. The lowest BCUT2D eigenvalue weighted by molar-refractivity contribution is 0.817. The molecule has 0 saturated heterocycles. The zero-order chi connectivity index (χ0) is 10.8. The number of hydrogen-bond acceptors (Lipinski definition) is 4. The van der Waals surface area contributed by atoms with Gasteiger partial charge in [0.15, 0.2) is 5.82 Å². The molecule has 5 heteroatoms. The van der Waals surface area contributed by atoms with Crippen LogP contribution in [0.2, 0.25) is 0 Å². The SMILES string of the molecule is CCc1cc(-n2ccc(N)n2)nc(C)n1. The van der Waals surface area contributed by atoms with Gasteiger partial charge in [-0.25, -0.2) is 14.6 Å². The zero-order valence-electron chi connectivity index (χ0n) is 8.81. The monoisotopic (exact) mass is 203 g/mol. The molecule has 5 nitrogen and oxygen atoms in total. The first-order valence-corrected chi connectivity index (χ1v) is 4.85. The molecule has 2 aromatic heterocycles. The number of rotatable bonds is 2. The minimum absolute atomic E-state index is 0.490. The number of nitrogens with two attached hydrogens (primary N) is 1. The molecule has 0 radical (unpaired) electrons. The summed E-state index contributed by atoms with van der Waals surface area (Å²) in [6.07, 6.45) is 2.67. The van der Waals surface area contributed by atoms with E-state index < -0.39 is 0 Å². The molecule has 0 amide bonds. The van der Waals surface area contributed by atoms with Crippen LogP contribution in [-0.2, 0) is 6.42 Å². The Kier molecular flexibility index (Phi) is 2.37. The first-order valence-electron chi connectivity index (χ1n) is 4.85. The van der Waals surface area contributed by atoms with Crippen LogP contribution in [0.3, 0.4) is 0 Å². The number of anilines is 1. The topological polar surface area (TPSA) is 69.6 Å². The van der Waals surface area contributed by atoms with Crippen molar-refractivity contribution in [3.63, 3.8) is 0 Å². The average Bonchev–Trinajstić information content (AvgIpc) is 2.64. The molecule has 0 aliphatic carbocycles. The van der Waals surface area contributed by atoms with E-state index in [2.05, 4.69) is 22.0 Å². The predicted octanol–water partition coefficient (Wildman–Crippen LogP) is 1.12. The highest BCUT2D eigenvalue weighted by atomic mass is 15.3. The Labute approximate surface area is 88.0 Å². The van der Waals surface area contributed by atoms with Gasteiger partial charge in [-0.05, 0) is 13.3 Å². The maximum atomic E-state index is 5.55. The molecule has 15 heavy (non-hydrogen) atoms. The summed E-state index contributed by atoms with van der Waals surface area (Å²) >= 11 is 0. The van der Waals surface area contributed by atoms with Crippen molar-refractivity contribution in [1.29, 1.82) is 0 Å². The Bertz CT molecular complexity index is 474. The second-order valence-electron chi connectivity index (χ2n) is 3.30. The van der Waals surface area contributed by atoms with Crippen molar-refractivity contribution in [2.75, 3.05) is 5.73 Å². The fourth-order valence-corrected chi connectivity index (χ4v) is 1.38. The van der Waals surface area contributed by atoms with Gasteiger partial charge in [-0.1, -0.05) is 6.92 Å². The number of nitrogens with zero attached hydrogens (tertiary/aromatic N) is 4. The summed E-state index contributed by atoms with van der Waals surface area (Å²) in [5.74, 6) is 2.00. The van der Waals surface area contributed by atoms with Gasteiger partial charge in [0.25, 0.3) is 0 Å². The van der Waals surface area contributed by atoms with E-state index in [-0.39, 0.29) is 0 Å².